The number of rotatable bonds is 5. The summed E-state index contributed by atoms with van der Waals surface area (Å²) < 4.78 is 9.96. The zero-order valence-electron chi connectivity index (χ0n) is 19.0. The van der Waals surface area contributed by atoms with E-state index in [4.69, 9.17) is 4.74 Å². The number of methoxy groups -OCH3 is 1. The first-order chi connectivity index (χ1) is 14.7. The third kappa shape index (κ3) is 8.86. The fourth-order valence-electron chi connectivity index (χ4n) is 3.63. The molecule has 0 saturated heterocycles. The lowest BCUT2D eigenvalue weighted by Crippen LogP contribution is -2.48. The average molecular weight is 434 g/mol. The quantitative estimate of drug-likeness (QED) is 0.640. The zero-order chi connectivity index (χ0) is 22.9. The van der Waals surface area contributed by atoms with Crippen molar-refractivity contribution in [3.05, 3.63) is 29.8 Å². The van der Waals surface area contributed by atoms with Gasteiger partial charge >= 0.3 is 12.2 Å². The van der Waals surface area contributed by atoms with Crippen LogP contribution < -0.4 is 16.0 Å². The zero-order valence-corrected chi connectivity index (χ0v) is 19.0. The van der Waals surface area contributed by atoms with Crippen LogP contribution in [0.1, 0.15) is 64.9 Å². The SMILES string of the molecule is COC(=O)Nc1ccc(CNC(=O)[C@H]2CCCCCC[C@@H]2NC(=O)OC(C)(C)C)cc1. The standard InChI is InChI=1S/C23H35N3O5/c1-23(2,3)31-22(29)26-19-10-8-6-5-7-9-18(19)20(27)24-15-16-11-13-17(14-12-16)25-21(28)30-4/h11-14,18-19H,5-10,15H2,1-4H3,(H,24,27)(H,25,28)(H,26,29)/t18-,19-/m0/s1. The van der Waals surface area contributed by atoms with Crippen LogP contribution >= 0.6 is 0 Å². The normalized spacial score (nSPS) is 19.4. The number of amides is 3. The van der Waals surface area contributed by atoms with Gasteiger partial charge in [0.25, 0.3) is 0 Å². The van der Waals surface area contributed by atoms with Crippen LogP contribution in [-0.2, 0) is 20.8 Å². The Kier molecular flexibility index (Phi) is 9.15. The van der Waals surface area contributed by atoms with Crippen molar-refractivity contribution in [2.24, 2.45) is 5.92 Å². The minimum atomic E-state index is -0.585. The topological polar surface area (TPSA) is 106 Å². The van der Waals surface area contributed by atoms with Crippen molar-refractivity contribution >= 4 is 23.8 Å². The number of carbonyl (C=O) groups excluding carboxylic acids is 3. The van der Waals surface area contributed by atoms with Crippen molar-refractivity contribution in [1.29, 1.82) is 0 Å². The highest BCUT2D eigenvalue weighted by Crippen LogP contribution is 2.24. The Bertz CT molecular complexity index is 743. The molecule has 1 aromatic carbocycles. The van der Waals surface area contributed by atoms with Gasteiger partial charge in [0.1, 0.15) is 5.60 Å². The number of ether oxygens (including phenoxy) is 2. The van der Waals surface area contributed by atoms with E-state index in [9.17, 15) is 14.4 Å². The second-order valence-electron chi connectivity index (χ2n) is 8.88. The fourth-order valence-corrected chi connectivity index (χ4v) is 3.63. The second kappa shape index (κ2) is 11.6. The lowest BCUT2D eigenvalue weighted by molar-refractivity contribution is -0.126. The number of hydrogen-bond donors (Lipinski definition) is 3. The van der Waals surface area contributed by atoms with E-state index in [1.54, 1.807) is 12.1 Å². The first-order valence-electron chi connectivity index (χ1n) is 10.9. The Labute approximate surface area is 184 Å². The van der Waals surface area contributed by atoms with Crippen molar-refractivity contribution in [2.75, 3.05) is 12.4 Å². The number of nitrogens with one attached hydrogen (secondary N) is 3. The Morgan fingerprint density at radius 3 is 2.23 bits per heavy atom. The Balaban J connectivity index is 1.96. The minimum Gasteiger partial charge on any atom is -0.453 e. The van der Waals surface area contributed by atoms with E-state index < -0.39 is 17.8 Å². The molecular weight excluding hydrogens is 398 g/mol. The van der Waals surface area contributed by atoms with Crippen molar-refractivity contribution in [2.45, 2.75) is 77.5 Å². The number of alkyl carbamates (subject to hydrolysis) is 1. The molecular formula is C23H35N3O5. The van der Waals surface area contributed by atoms with Gasteiger partial charge in [0, 0.05) is 18.3 Å². The molecule has 1 saturated carbocycles. The average Bonchev–Trinajstić information content (AvgIpc) is 2.68. The molecule has 0 heterocycles. The molecule has 0 aromatic heterocycles. The molecule has 31 heavy (non-hydrogen) atoms. The smallest absolute Gasteiger partial charge is 0.411 e. The lowest BCUT2D eigenvalue weighted by Gasteiger charge is -2.30. The predicted molar refractivity (Wildman–Crippen MR) is 119 cm³/mol. The van der Waals surface area contributed by atoms with E-state index in [2.05, 4.69) is 20.7 Å². The molecule has 172 valence electrons. The molecule has 0 aliphatic heterocycles. The van der Waals surface area contributed by atoms with Gasteiger partial charge in [-0.15, -0.1) is 0 Å². The molecule has 1 aromatic rings. The highest BCUT2D eigenvalue weighted by atomic mass is 16.6. The summed E-state index contributed by atoms with van der Waals surface area (Å²) in [5, 5.41) is 8.51. The Morgan fingerprint density at radius 2 is 1.61 bits per heavy atom. The second-order valence-corrected chi connectivity index (χ2v) is 8.88. The van der Waals surface area contributed by atoms with Crippen molar-refractivity contribution in [3.63, 3.8) is 0 Å². The van der Waals surface area contributed by atoms with Gasteiger partial charge in [-0.2, -0.15) is 0 Å². The molecule has 2 rings (SSSR count). The van der Waals surface area contributed by atoms with Crippen LogP contribution in [0.3, 0.4) is 0 Å². The largest absolute Gasteiger partial charge is 0.453 e. The summed E-state index contributed by atoms with van der Waals surface area (Å²) in [4.78, 5) is 36.6. The van der Waals surface area contributed by atoms with E-state index >= 15 is 0 Å². The molecule has 2 atom stereocenters. The molecule has 3 amide bonds. The van der Waals surface area contributed by atoms with Crippen LogP contribution in [0.2, 0.25) is 0 Å². The molecule has 8 nitrogen and oxygen atoms in total. The van der Waals surface area contributed by atoms with E-state index in [0.29, 0.717) is 12.2 Å². The lowest BCUT2D eigenvalue weighted by atomic mass is 9.86. The maximum Gasteiger partial charge on any atom is 0.411 e. The van der Waals surface area contributed by atoms with Gasteiger partial charge in [0.05, 0.1) is 13.0 Å². The molecule has 3 N–H and O–H groups in total. The van der Waals surface area contributed by atoms with Crippen LogP contribution in [0, 0.1) is 5.92 Å². The Morgan fingerprint density at radius 1 is 0.968 bits per heavy atom. The molecule has 0 unspecified atom stereocenters. The van der Waals surface area contributed by atoms with Crippen LogP contribution in [0.15, 0.2) is 24.3 Å². The first kappa shape index (κ1) is 24.5. The molecule has 1 aliphatic rings. The van der Waals surface area contributed by atoms with Crippen molar-refractivity contribution in [1.82, 2.24) is 10.6 Å². The maximum atomic E-state index is 13.0. The predicted octanol–water partition coefficient (Wildman–Crippen LogP) is 4.34. The van der Waals surface area contributed by atoms with Gasteiger partial charge in [0.15, 0.2) is 0 Å². The summed E-state index contributed by atoms with van der Waals surface area (Å²) in [5.41, 5.74) is 0.938. The summed E-state index contributed by atoms with van der Waals surface area (Å²) in [6, 6.07) is 6.92. The third-order valence-electron chi connectivity index (χ3n) is 5.16. The summed E-state index contributed by atoms with van der Waals surface area (Å²) >= 11 is 0. The summed E-state index contributed by atoms with van der Waals surface area (Å²) in [6.07, 6.45) is 4.60. The van der Waals surface area contributed by atoms with Crippen LogP contribution in [0.4, 0.5) is 15.3 Å². The van der Waals surface area contributed by atoms with Gasteiger partial charge in [-0.25, -0.2) is 9.59 Å². The molecule has 0 bridgehead atoms. The fraction of sp³-hybridized carbons (Fsp3) is 0.609. The number of anilines is 1. The van der Waals surface area contributed by atoms with Crippen LogP contribution in [-0.4, -0.2) is 36.8 Å². The van der Waals surface area contributed by atoms with Crippen LogP contribution in [0.25, 0.3) is 0 Å². The number of benzene rings is 1. The molecule has 1 fully saturated rings. The van der Waals surface area contributed by atoms with E-state index in [1.807, 2.05) is 32.9 Å². The summed E-state index contributed by atoms with van der Waals surface area (Å²) in [7, 11) is 1.31. The minimum absolute atomic E-state index is 0.0697. The van der Waals surface area contributed by atoms with Gasteiger partial charge in [-0.1, -0.05) is 37.8 Å². The van der Waals surface area contributed by atoms with E-state index in [-0.39, 0.29) is 17.9 Å². The van der Waals surface area contributed by atoms with Gasteiger partial charge < -0.3 is 20.1 Å². The van der Waals surface area contributed by atoms with Gasteiger partial charge in [-0.3, -0.25) is 10.1 Å². The highest BCUT2D eigenvalue weighted by molar-refractivity contribution is 5.84. The van der Waals surface area contributed by atoms with E-state index in [0.717, 1.165) is 44.1 Å². The third-order valence-corrected chi connectivity index (χ3v) is 5.16. The molecule has 0 spiro atoms. The maximum absolute atomic E-state index is 13.0. The summed E-state index contributed by atoms with van der Waals surface area (Å²) in [5.74, 6) is -0.368. The summed E-state index contributed by atoms with van der Waals surface area (Å²) in [6.45, 7) is 5.83. The van der Waals surface area contributed by atoms with Crippen molar-refractivity contribution in [3.8, 4) is 0 Å². The van der Waals surface area contributed by atoms with Crippen LogP contribution in [0.5, 0.6) is 0 Å². The molecule has 0 radical (unpaired) electrons. The number of carbonyl (C=O) groups is 3. The van der Waals surface area contributed by atoms with Gasteiger partial charge in [-0.05, 0) is 51.3 Å². The number of hydrogen-bond acceptors (Lipinski definition) is 5. The Hall–Kier alpha value is -2.77. The van der Waals surface area contributed by atoms with Gasteiger partial charge in [0.2, 0.25) is 5.91 Å². The van der Waals surface area contributed by atoms with Crippen molar-refractivity contribution < 1.29 is 23.9 Å². The van der Waals surface area contributed by atoms with E-state index in [1.165, 1.54) is 7.11 Å². The monoisotopic (exact) mass is 433 g/mol. The highest BCUT2D eigenvalue weighted by Gasteiger charge is 2.31. The molecule has 1 aliphatic carbocycles. The molecule has 8 heteroatoms. The first-order valence-corrected chi connectivity index (χ1v) is 10.9.